The number of carbonyl (C=O) groups is 1. The van der Waals surface area contributed by atoms with E-state index in [1.165, 1.54) is 0 Å². The van der Waals surface area contributed by atoms with E-state index in [0.717, 1.165) is 11.1 Å². The lowest BCUT2D eigenvalue weighted by Gasteiger charge is -2.53. The maximum atomic E-state index is 14.6. The second-order valence-corrected chi connectivity index (χ2v) is 11.8. The first-order valence-electron chi connectivity index (χ1n) is 13.4. The molecule has 1 saturated carbocycles. The first kappa shape index (κ1) is 28.6. The number of nitrogens with zero attached hydrogens (tertiary/aromatic N) is 2. The largest absolute Gasteiger partial charge is 0.384 e. The molecular formula is C35H28Cl2N2O2. The topological polar surface area (TPSA) is 84.9 Å². The van der Waals surface area contributed by atoms with E-state index >= 15 is 0 Å². The van der Waals surface area contributed by atoms with E-state index in [1.54, 1.807) is 60.7 Å². The average molecular weight is 580 g/mol. The Labute approximate surface area is 250 Å². The molecule has 4 aromatic carbocycles. The van der Waals surface area contributed by atoms with Crippen LogP contribution in [0.15, 0.2) is 97.1 Å². The number of rotatable bonds is 5. The summed E-state index contributed by atoms with van der Waals surface area (Å²) in [5, 5.41) is 35.6. The van der Waals surface area contributed by atoms with Crippen LogP contribution in [0.1, 0.15) is 56.4 Å². The van der Waals surface area contributed by atoms with Gasteiger partial charge in [-0.25, -0.2) is 0 Å². The molecule has 0 aliphatic heterocycles. The summed E-state index contributed by atoms with van der Waals surface area (Å²) >= 11 is 12.4. The fraction of sp³-hybridized carbons (Fsp3) is 0.229. The molecule has 1 N–H and O–H groups in total. The Morgan fingerprint density at radius 1 is 0.756 bits per heavy atom. The van der Waals surface area contributed by atoms with Gasteiger partial charge in [-0.05, 0) is 61.2 Å². The predicted molar refractivity (Wildman–Crippen MR) is 161 cm³/mol. The first-order chi connectivity index (χ1) is 19.6. The van der Waals surface area contributed by atoms with Crippen molar-refractivity contribution in [3.63, 3.8) is 0 Å². The van der Waals surface area contributed by atoms with Crippen LogP contribution in [0.3, 0.4) is 0 Å². The fourth-order valence-corrected chi connectivity index (χ4v) is 6.53. The third-order valence-electron chi connectivity index (χ3n) is 8.44. The van der Waals surface area contributed by atoms with Crippen LogP contribution in [0.25, 0.3) is 0 Å². The molecule has 1 aliphatic carbocycles. The Bertz CT molecular complexity index is 1640. The standard InChI is InChI=1S/C35H28Cl2N2O2/c1-22-3-7-25(8-4-22)31-32(33(40)26-9-5-23(2)6-10-26)35(41,27-13-17-29(37)18-14-27)19-30(34(31,20-38)21-39)24-11-15-28(36)16-12-24/h3-18,30-32,41H,19H2,1-2H3/t30-,31+,32+,35-/m1/s1. The molecular weight excluding hydrogens is 551 g/mol. The molecule has 41 heavy (non-hydrogen) atoms. The summed E-state index contributed by atoms with van der Waals surface area (Å²) in [6, 6.07) is 33.2. The van der Waals surface area contributed by atoms with E-state index in [9.17, 15) is 20.4 Å². The maximum Gasteiger partial charge on any atom is 0.169 e. The van der Waals surface area contributed by atoms with E-state index < -0.39 is 28.8 Å². The molecule has 0 radical (unpaired) electrons. The second-order valence-electron chi connectivity index (χ2n) is 10.9. The van der Waals surface area contributed by atoms with Gasteiger partial charge in [-0.1, -0.05) is 107 Å². The zero-order valence-corrected chi connectivity index (χ0v) is 24.2. The van der Waals surface area contributed by atoms with Crippen LogP contribution in [-0.2, 0) is 5.60 Å². The lowest BCUT2D eigenvalue weighted by molar-refractivity contribution is -0.0783. The van der Waals surface area contributed by atoms with Gasteiger partial charge in [0.2, 0.25) is 0 Å². The molecule has 1 aliphatic rings. The van der Waals surface area contributed by atoms with Gasteiger partial charge in [0.1, 0.15) is 5.60 Å². The predicted octanol–water partition coefficient (Wildman–Crippen LogP) is 8.30. The monoisotopic (exact) mass is 578 g/mol. The quantitative estimate of drug-likeness (QED) is 0.241. The summed E-state index contributed by atoms with van der Waals surface area (Å²) in [7, 11) is 0. The average Bonchev–Trinajstić information content (AvgIpc) is 2.98. The van der Waals surface area contributed by atoms with Gasteiger partial charge in [-0.3, -0.25) is 4.79 Å². The number of Topliss-reactive ketones (excluding diaryl/α,β-unsaturated/α-hetero) is 1. The van der Waals surface area contributed by atoms with Crippen LogP contribution in [-0.4, -0.2) is 10.9 Å². The molecule has 0 amide bonds. The lowest BCUT2D eigenvalue weighted by Crippen LogP contribution is -2.55. The molecule has 5 rings (SSSR count). The zero-order valence-electron chi connectivity index (χ0n) is 22.7. The highest BCUT2D eigenvalue weighted by Crippen LogP contribution is 2.63. The van der Waals surface area contributed by atoms with E-state index in [4.69, 9.17) is 23.2 Å². The van der Waals surface area contributed by atoms with Crippen molar-refractivity contribution in [3.05, 3.63) is 140 Å². The van der Waals surface area contributed by atoms with Crippen LogP contribution >= 0.6 is 23.2 Å². The van der Waals surface area contributed by atoms with Crippen molar-refractivity contribution in [3.8, 4) is 12.1 Å². The molecule has 1 fully saturated rings. The zero-order chi connectivity index (χ0) is 29.4. The molecule has 0 unspecified atom stereocenters. The lowest BCUT2D eigenvalue weighted by atomic mass is 9.48. The summed E-state index contributed by atoms with van der Waals surface area (Å²) < 4.78 is 0. The summed E-state index contributed by atoms with van der Waals surface area (Å²) in [5.74, 6) is -3.21. The summed E-state index contributed by atoms with van der Waals surface area (Å²) in [4.78, 5) is 14.6. The van der Waals surface area contributed by atoms with Gasteiger partial charge in [0, 0.05) is 27.4 Å². The SMILES string of the molecule is Cc1ccc(C(=O)[C@@H]2[C@H](c3ccc(C)cc3)C(C#N)(C#N)[C@@H](c3ccc(Cl)cc3)C[C@@]2(O)c2ccc(Cl)cc2)cc1. The van der Waals surface area contributed by atoms with Crippen molar-refractivity contribution in [2.75, 3.05) is 0 Å². The number of aliphatic hydroxyl groups is 1. The number of aryl methyl sites for hydroxylation is 2. The number of carbonyl (C=O) groups excluding carboxylic acids is 1. The first-order valence-corrected chi connectivity index (χ1v) is 14.1. The van der Waals surface area contributed by atoms with Crippen molar-refractivity contribution in [1.82, 2.24) is 0 Å². The third-order valence-corrected chi connectivity index (χ3v) is 8.95. The van der Waals surface area contributed by atoms with E-state index in [2.05, 4.69) is 12.1 Å². The minimum absolute atomic E-state index is 0.0397. The van der Waals surface area contributed by atoms with Crippen LogP contribution in [0.5, 0.6) is 0 Å². The molecule has 0 aromatic heterocycles. The highest BCUT2D eigenvalue weighted by molar-refractivity contribution is 6.30. The maximum absolute atomic E-state index is 14.6. The van der Waals surface area contributed by atoms with Crippen molar-refractivity contribution in [2.24, 2.45) is 11.3 Å². The van der Waals surface area contributed by atoms with Crippen LogP contribution in [0, 0.1) is 47.8 Å². The minimum Gasteiger partial charge on any atom is -0.384 e. The van der Waals surface area contributed by atoms with Crippen LogP contribution in [0.4, 0.5) is 0 Å². The molecule has 0 bridgehead atoms. The summed E-state index contributed by atoms with van der Waals surface area (Å²) in [6.07, 6.45) is -0.0397. The van der Waals surface area contributed by atoms with E-state index in [1.807, 2.05) is 50.2 Å². The van der Waals surface area contributed by atoms with Crippen molar-refractivity contribution in [2.45, 2.75) is 37.7 Å². The number of ketones is 1. The van der Waals surface area contributed by atoms with Gasteiger partial charge in [0.15, 0.2) is 11.2 Å². The number of hydrogen-bond donors (Lipinski definition) is 1. The van der Waals surface area contributed by atoms with Crippen molar-refractivity contribution < 1.29 is 9.90 Å². The smallest absolute Gasteiger partial charge is 0.169 e. The highest BCUT2D eigenvalue weighted by Gasteiger charge is 2.64. The normalized spacial score (nSPS) is 23.2. The minimum atomic E-state index is -1.75. The Balaban J connectivity index is 1.85. The number of hydrogen-bond acceptors (Lipinski definition) is 4. The molecule has 0 saturated heterocycles. The number of benzene rings is 4. The second kappa shape index (κ2) is 11.2. The molecule has 4 atom stereocenters. The van der Waals surface area contributed by atoms with Gasteiger partial charge in [0.25, 0.3) is 0 Å². The molecule has 4 nitrogen and oxygen atoms in total. The van der Waals surface area contributed by atoms with Crippen LogP contribution < -0.4 is 0 Å². The Kier molecular flexibility index (Phi) is 7.78. The van der Waals surface area contributed by atoms with Crippen molar-refractivity contribution >= 4 is 29.0 Å². The summed E-state index contributed by atoms with van der Waals surface area (Å²) in [6.45, 7) is 3.88. The molecule has 204 valence electrons. The van der Waals surface area contributed by atoms with Crippen molar-refractivity contribution in [1.29, 1.82) is 10.5 Å². The molecule has 0 heterocycles. The van der Waals surface area contributed by atoms with E-state index in [-0.39, 0.29) is 12.2 Å². The fourth-order valence-electron chi connectivity index (χ4n) is 6.28. The van der Waals surface area contributed by atoms with Gasteiger partial charge in [-0.15, -0.1) is 0 Å². The van der Waals surface area contributed by atoms with Gasteiger partial charge in [-0.2, -0.15) is 10.5 Å². The highest BCUT2D eigenvalue weighted by atomic mass is 35.5. The number of nitriles is 2. The van der Waals surface area contributed by atoms with Crippen LogP contribution in [0.2, 0.25) is 10.0 Å². The van der Waals surface area contributed by atoms with Gasteiger partial charge in [0.05, 0.1) is 18.1 Å². The molecule has 6 heteroatoms. The Morgan fingerprint density at radius 2 is 1.22 bits per heavy atom. The van der Waals surface area contributed by atoms with Gasteiger partial charge >= 0.3 is 0 Å². The van der Waals surface area contributed by atoms with E-state index in [0.29, 0.717) is 32.3 Å². The Morgan fingerprint density at radius 3 is 1.73 bits per heavy atom. The number of halogens is 2. The molecule has 0 spiro atoms. The molecule has 4 aromatic rings. The Hall–Kier alpha value is -3.93. The van der Waals surface area contributed by atoms with Gasteiger partial charge < -0.3 is 5.11 Å². The summed E-state index contributed by atoms with van der Waals surface area (Å²) in [5.41, 5.74) is 0.759. The third kappa shape index (κ3) is 5.05.